The SMILES string of the molecule is NC(=S)C1CCCC1NC(=O)c1cccc(O)c1. The minimum atomic E-state index is -0.195. The third-order valence-electron chi connectivity index (χ3n) is 3.31. The van der Waals surface area contributed by atoms with Crippen molar-refractivity contribution in [2.75, 3.05) is 0 Å². The number of phenols is 1. The molecule has 0 bridgehead atoms. The molecule has 2 atom stereocenters. The number of nitrogens with one attached hydrogen (secondary N) is 1. The van der Waals surface area contributed by atoms with Crippen LogP contribution in [0.4, 0.5) is 0 Å². The van der Waals surface area contributed by atoms with Gasteiger partial charge >= 0.3 is 0 Å². The standard InChI is InChI=1S/C13H16N2O2S/c14-12(18)10-5-2-6-11(10)15-13(17)8-3-1-4-9(16)7-8/h1,3-4,7,10-11,16H,2,5-6H2,(H2,14,18)(H,15,17). The van der Waals surface area contributed by atoms with Gasteiger partial charge in [-0.05, 0) is 31.0 Å². The van der Waals surface area contributed by atoms with Gasteiger partial charge in [-0.15, -0.1) is 0 Å². The van der Waals surface area contributed by atoms with Crippen molar-refractivity contribution in [3.8, 4) is 5.75 Å². The lowest BCUT2D eigenvalue weighted by Gasteiger charge is -2.19. The number of nitrogens with two attached hydrogens (primary N) is 1. The van der Waals surface area contributed by atoms with Crippen molar-refractivity contribution in [3.63, 3.8) is 0 Å². The third-order valence-corrected chi connectivity index (χ3v) is 3.61. The van der Waals surface area contributed by atoms with Crippen LogP contribution in [0.15, 0.2) is 24.3 Å². The Balaban J connectivity index is 2.05. The molecule has 4 N–H and O–H groups in total. The average Bonchev–Trinajstić information content (AvgIpc) is 2.77. The molecule has 0 aliphatic heterocycles. The van der Waals surface area contributed by atoms with Gasteiger partial charge < -0.3 is 16.2 Å². The molecule has 96 valence electrons. The molecule has 0 aromatic heterocycles. The van der Waals surface area contributed by atoms with Gasteiger partial charge in [-0.3, -0.25) is 4.79 Å². The largest absolute Gasteiger partial charge is 0.508 e. The predicted molar refractivity (Wildman–Crippen MR) is 73.5 cm³/mol. The number of carbonyl (C=O) groups is 1. The molecular weight excluding hydrogens is 248 g/mol. The summed E-state index contributed by atoms with van der Waals surface area (Å²) in [7, 11) is 0. The lowest BCUT2D eigenvalue weighted by molar-refractivity contribution is 0.0933. The fourth-order valence-corrected chi connectivity index (χ4v) is 2.65. The summed E-state index contributed by atoms with van der Waals surface area (Å²) < 4.78 is 0. The molecule has 1 amide bonds. The van der Waals surface area contributed by atoms with E-state index < -0.39 is 0 Å². The maximum atomic E-state index is 12.0. The van der Waals surface area contributed by atoms with Gasteiger partial charge in [0.05, 0.1) is 4.99 Å². The lowest BCUT2D eigenvalue weighted by atomic mass is 10.0. The van der Waals surface area contributed by atoms with Crippen LogP contribution in [0, 0.1) is 5.92 Å². The summed E-state index contributed by atoms with van der Waals surface area (Å²) in [5, 5.41) is 12.3. The zero-order valence-electron chi connectivity index (χ0n) is 9.93. The fourth-order valence-electron chi connectivity index (χ4n) is 2.37. The van der Waals surface area contributed by atoms with Crippen LogP contribution in [0.5, 0.6) is 5.75 Å². The maximum Gasteiger partial charge on any atom is 0.251 e. The molecule has 0 spiro atoms. The Bertz CT molecular complexity index is 476. The van der Waals surface area contributed by atoms with E-state index in [0.29, 0.717) is 10.6 Å². The van der Waals surface area contributed by atoms with Crippen LogP contribution in [0.25, 0.3) is 0 Å². The van der Waals surface area contributed by atoms with Crippen LogP contribution >= 0.6 is 12.2 Å². The predicted octanol–water partition coefficient (Wildman–Crippen LogP) is 1.58. The fraction of sp³-hybridized carbons (Fsp3) is 0.385. The topological polar surface area (TPSA) is 75.3 Å². The summed E-state index contributed by atoms with van der Waals surface area (Å²) in [4.78, 5) is 12.5. The molecule has 0 saturated heterocycles. The monoisotopic (exact) mass is 264 g/mol. The molecule has 1 saturated carbocycles. The minimum absolute atomic E-state index is 0.0114. The number of carbonyl (C=O) groups excluding carboxylic acids is 1. The Morgan fingerprint density at radius 3 is 2.89 bits per heavy atom. The molecule has 5 heteroatoms. The van der Waals surface area contributed by atoms with Crippen molar-refractivity contribution in [1.29, 1.82) is 0 Å². The number of thiocarbonyl (C=S) groups is 1. The highest BCUT2D eigenvalue weighted by atomic mass is 32.1. The highest BCUT2D eigenvalue weighted by molar-refractivity contribution is 7.80. The van der Waals surface area contributed by atoms with Crippen molar-refractivity contribution in [3.05, 3.63) is 29.8 Å². The highest BCUT2D eigenvalue weighted by Gasteiger charge is 2.30. The smallest absolute Gasteiger partial charge is 0.251 e. The van der Waals surface area contributed by atoms with E-state index in [4.69, 9.17) is 18.0 Å². The maximum absolute atomic E-state index is 12.0. The summed E-state index contributed by atoms with van der Waals surface area (Å²) in [6.45, 7) is 0. The van der Waals surface area contributed by atoms with E-state index in [2.05, 4.69) is 5.32 Å². The van der Waals surface area contributed by atoms with Crippen molar-refractivity contribution >= 4 is 23.1 Å². The van der Waals surface area contributed by atoms with E-state index in [9.17, 15) is 9.90 Å². The molecule has 2 unspecified atom stereocenters. The van der Waals surface area contributed by atoms with Gasteiger partial charge in [-0.1, -0.05) is 24.7 Å². The minimum Gasteiger partial charge on any atom is -0.508 e. The molecule has 1 aliphatic rings. The Hall–Kier alpha value is -1.62. The summed E-state index contributed by atoms with van der Waals surface area (Å²) in [6, 6.07) is 6.30. The van der Waals surface area contributed by atoms with E-state index in [1.165, 1.54) is 12.1 Å². The molecule has 1 aromatic carbocycles. The first-order valence-corrected chi connectivity index (χ1v) is 6.38. The van der Waals surface area contributed by atoms with E-state index in [1.807, 2.05) is 0 Å². The third kappa shape index (κ3) is 2.79. The van der Waals surface area contributed by atoms with Crippen LogP contribution in [-0.2, 0) is 0 Å². The summed E-state index contributed by atoms with van der Waals surface area (Å²) in [5.41, 5.74) is 6.11. The quantitative estimate of drug-likeness (QED) is 0.724. The second-order valence-corrected chi connectivity index (χ2v) is 5.04. The Morgan fingerprint density at radius 2 is 2.22 bits per heavy atom. The first-order valence-electron chi connectivity index (χ1n) is 5.97. The zero-order chi connectivity index (χ0) is 13.1. The molecular formula is C13H16N2O2S. The summed E-state index contributed by atoms with van der Waals surface area (Å²) in [5.74, 6) is -0.0275. The number of hydrogen-bond acceptors (Lipinski definition) is 3. The molecule has 1 aliphatic carbocycles. The number of aromatic hydroxyl groups is 1. The van der Waals surface area contributed by atoms with E-state index in [1.54, 1.807) is 12.1 Å². The Labute approximate surface area is 111 Å². The summed E-state index contributed by atoms with van der Waals surface area (Å²) >= 11 is 5.01. The first-order chi connectivity index (χ1) is 8.58. The number of amides is 1. The zero-order valence-corrected chi connectivity index (χ0v) is 10.7. The van der Waals surface area contributed by atoms with Crippen molar-refractivity contribution in [2.45, 2.75) is 25.3 Å². The average molecular weight is 264 g/mol. The number of rotatable bonds is 3. The number of phenolic OH excluding ortho intramolecular Hbond substituents is 1. The molecule has 2 rings (SSSR count). The second-order valence-electron chi connectivity index (χ2n) is 4.57. The molecule has 4 nitrogen and oxygen atoms in total. The van der Waals surface area contributed by atoms with Gasteiger partial charge in [-0.2, -0.15) is 0 Å². The first kappa shape index (κ1) is 12.8. The number of hydrogen-bond donors (Lipinski definition) is 3. The van der Waals surface area contributed by atoms with Crippen LogP contribution in [0.1, 0.15) is 29.6 Å². The lowest BCUT2D eigenvalue weighted by Crippen LogP contribution is -2.41. The Morgan fingerprint density at radius 1 is 1.44 bits per heavy atom. The van der Waals surface area contributed by atoms with Gasteiger partial charge in [-0.25, -0.2) is 0 Å². The van der Waals surface area contributed by atoms with Crippen LogP contribution < -0.4 is 11.1 Å². The van der Waals surface area contributed by atoms with E-state index in [0.717, 1.165) is 19.3 Å². The van der Waals surface area contributed by atoms with E-state index in [-0.39, 0.29) is 23.6 Å². The van der Waals surface area contributed by atoms with Crippen LogP contribution in [0.2, 0.25) is 0 Å². The molecule has 18 heavy (non-hydrogen) atoms. The highest BCUT2D eigenvalue weighted by Crippen LogP contribution is 2.26. The number of benzene rings is 1. The van der Waals surface area contributed by atoms with Crippen molar-refractivity contribution in [2.24, 2.45) is 11.7 Å². The van der Waals surface area contributed by atoms with Gasteiger partial charge in [0.1, 0.15) is 5.75 Å². The normalized spacial score (nSPS) is 22.7. The molecule has 0 radical (unpaired) electrons. The molecule has 1 aromatic rings. The Kier molecular flexibility index (Phi) is 3.81. The van der Waals surface area contributed by atoms with Gasteiger partial charge in [0.25, 0.3) is 5.91 Å². The van der Waals surface area contributed by atoms with Gasteiger partial charge in [0, 0.05) is 17.5 Å². The van der Waals surface area contributed by atoms with Crippen molar-refractivity contribution in [1.82, 2.24) is 5.32 Å². The summed E-state index contributed by atoms with van der Waals surface area (Å²) in [6.07, 6.45) is 2.85. The van der Waals surface area contributed by atoms with Crippen LogP contribution in [0.3, 0.4) is 0 Å². The molecule has 0 heterocycles. The second kappa shape index (κ2) is 5.35. The molecule has 1 fully saturated rings. The van der Waals surface area contributed by atoms with E-state index >= 15 is 0 Å². The van der Waals surface area contributed by atoms with Gasteiger partial charge in [0.2, 0.25) is 0 Å². The van der Waals surface area contributed by atoms with Crippen molar-refractivity contribution < 1.29 is 9.90 Å². The van der Waals surface area contributed by atoms with Gasteiger partial charge in [0.15, 0.2) is 0 Å². The van der Waals surface area contributed by atoms with Crippen LogP contribution in [-0.4, -0.2) is 22.0 Å².